The van der Waals surface area contributed by atoms with E-state index in [0.29, 0.717) is 17.0 Å². The summed E-state index contributed by atoms with van der Waals surface area (Å²) < 4.78 is 0. The number of nitrogens with two attached hydrogens (primary N) is 1. The number of H-pyrrole nitrogens is 1. The van der Waals surface area contributed by atoms with Gasteiger partial charge in [0.1, 0.15) is 21.5 Å². The lowest BCUT2D eigenvalue weighted by Gasteiger charge is -2.34. The van der Waals surface area contributed by atoms with E-state index in [4.69, 9.17) is 31.4 Å². The highest BCUT2D eigenvalue weighted by molar-refractivity contribution is 6.49. The van der Waals surface area contributed by atoms with Crippen LogP contribution in [0.1, 0.15) is 48.8 Å². The highest BCUT2D eigenvalue weighted by Crippen LogP contribution is 2.33. The lowest BCUT2D eigenvalue weighted by Crippen LogP contribution is -2.33. The number of imidazole rings is 1. The van der Waals surface area contributed by atoms with Crippen LogP contribution in [0.4, 0.5) is 0 Å². The lowest BCUT2D eigenvalue weighted by molar-refractivity contribution is 0.159. The second-order valence-electron chi connectivity index (χ2n) is 7.60. The van der Waals surface area contributed by atoms with Crippen LogP contribution in [0.3, 0.4) is 0 Å². The summed E-state index contributed by atoms with van der Waals surface area (Å²) in [6.45, 7) is 2.43. The molecule has 5 nitrogen and oxygen atoms in total. The number of hydrogen-bond acceptors (Lipinski definition) is 4. The van der Waals surface area contributed by atoms with Gasteiger partial charge in [0.15, 0.2) is 0 Å². The van der Waals surface area contributed by atoms with Gasteiger partial charge >= 0.3 is 0 Å². The number of nitrogens with one attached hydrogen (secondary N) is 1. The Morgan fingerprint density at radius 2 is 2.07 bits per heavy atom. The fourth-order valence-corrected chi connectivity index (χ4v) is 4.15. The molecule has 1 aliphatic rings. The lowest BCUT2D eigenvalue weighted by atomic mass is 9.80. The van der Waals surface area contributed by atoms with Gasteiger partial charge in [-0.2, -0.15) is 0 Å². The van der Waals surface area contributed by atoms with Crippen LogP contribution in [0.15, 0.2) is 30.5 Å². The zero-order valence-electron chi connectivity index (χ0n) is 16.2. The third-order valence-corrected chi connectivity index (χ3v) is 5.59. The van der Waals surface area contributed by atoms with Gasteiger partial charge in [-0.05, 0) is 69.0 Å². The Morgan fingerprint density at radius 3 is 2.93 bits per heavy atom. The van der Waals surface area contributed by atoms with E-state index < -0.39 is 0 Å². The summed E-state index contributed by atoms with van der Waals surface area (Å²) in [6.07, 6.45) is 7.40. The number of aromatic amines is 1. The number of fused-ring (bicyclic) bond motifs is 2. The van der Waals surface area contributed by atoms with E-state index in [1.165, 1.54) is 17.7 Å². The Balaban J connectivity index is 1.62. The van der Waals surface area contributed by atoms with Crippen molar-refractivity contribution in [2.45, 2.75) is 44.7 Å². The molecule has 2 heterocycles. The van der Waals surface area contributed by atoms with Crippen LogP contribution < -0.4 is 16.7 Å². The van der Waals surface area contributed by atoms with Crippen LogP contribution >= 0.6 is 0 Å². The first kappa shape index (κ1) is 19.2. The maximum Gasteiger partial charge on any atom is 0.121 e. The number of rotatable bonds is 7. The van der Waals surface area contributed by atoms with E-state index in [1.54, 1.807) is 0 Å². The summed E-state index contributed by atoms with van der Waals surface area (Å²) in [7, 11) is 11.9. The zero-order chi connectivity index (χ0) is 19.5. The molecule has 0 bridgehead atoms. The number of benzene rings is 1. The summed E-state index contributed by atoms with van der Waals surface area (Å²) in [5, 5.41) is 0. The predicted molar refractivity (Wildman–Crippen MR) is 115 cm³/mol. The van der Waals surface area contributed by atoms with Gasteiger partial charge in [0.25, 0.3) is 0 Å². The molecule has 140 valence electrons. The summed E-state index contributed by atoms with van der Waals surface area (Å²) in [4.78, 5) is 15.4. The number of aromatic nitrogens is 3. The number of hydrogen-bond donors (Lipinski definition) is 2. The predicted octanol–water partition coefficient (Wildman–Crippen LogP) is 1.16. The van der Waals surface area contributed by atoms with Gasteiger partial charge in [-0.1, -0.05) is 6.07 Å². The minimum Gasteiger partial charge on any atom is -0.341 e. The van der Waals surface area contributed by atoms with Gasteiger partial charge in [0, 0.05) is 6.20 Å². The van der Waals surface area contributed by atoms with E-state index >= 15 is 0 Å². The van der Waals surface area contributed by atoms with Crippen LogP contribution in [-0.2, 0) is 13.0 Å². The molecule has 0 saturated carbocycles. The van der Waals surface area contributed by atoms with Crippen molar-refractivity contribution in [3.8, 4) is 0 Å². The summed E-state index contributed by atoms with van der Waals surface area (Å²) in [6, 6.07) is 8.25. The molecule has 0 unspecified atom stereocenters. The number of nitrogens with zero attached hydrogens (tertiary/aromatic N) is 3. The van der Waals surface area contributed by atoms with Gasteiger partial charge in [-0.3, -0.25) is 9.88 Å². The highest BCUT2D eigenvalue weighted by Gasteiger charge is 2.27. The Labute approximate surface area is 169 Å². The average molecular weight is 369 g/mol. The minimum absolute atomic E-state index is 0.311. The topological polar surface area (TPSA) is 70.8 Å². The molecule has 0 amide bonds. The molecular formula is C21H25B2N5. The van der Waals surface area contributed by atoms with Crippen molar-refractivity contribution in [3.63, 3.8) is 0 Å². The second kappa shape index (κ2) is 8.50. The molecule has 0 saturated heterocycles. The molecule has 1 atom stereocenters. The number of aryl methyl sites for hydroxylation is 1. The molecule has 2 aromatic heterocycles. The minimum atomic E-state index is 0.311. The summed E-state index contributed by atoms with van der Waals surface area (Å²) in [5.41, 5.74) is 11.2. The molecule has 3 aromatic rings. The van der Waals surface area contributed by atoms with Crippen LogP contribution in [0.2, 0.25) is 0 Å². The number of unbranched alkanes of at least 4 members (excludes halogenated alkanes) is 1. The fourth-order valence-electron chi connectivity index (χ4n) is 4.15. The maximum atomic E-state index is 5.94. The van der Waals surface area contributed by atoms with Crippen molar-refractivity contribution < 1.29 is 0 Å². The third-order valence-electron chi connectivity index (χ3n) is 5.59. The smallest absolute Gasteiger partial charge is 0.121 e. The molecule has 0 aliphatic heterocycles. The molecule has 1 aromatic carbocycles. The Morgan fingerprint density at radius 1 is 1.21 bits per heavy atom. The molecule has 0 spiro atoms. The molecule has 7 heteroatoms. The van der Waals surface area contributed by atoms with E-state index in [1.807, 2.05) is 24.4 Å². The van der Waals surface area contributed by atoms with E-state index in [9.17, 15) is 0 Å². The van der Waals surface area contributed by atoms with Crippen molar-refractivity contribution >= 4 is 37.7 Å². The van der Waals surface area contributed by atoms with Gasteiger partial charge < -0.3 is 10.7 Å². The molecule has 0 fully saturated rings. The van der Waals surface area contributed by atoms with Gasteiger partial charge in [-0.25, -0.2) is 4.98 Å². The van der Waals surface area contributed by atoms with Crippen LogP contribution in [0, 0.1) is 0 Å². The van der Waals surface area contributed by atoms with Crippen LogP contribution in [0.25, 0.3) is 11.0 Å². The maximum absolute atomic E-state index is 5.94. The number of pyridine rings is 1. The van der Waals surface area contributed by atoms with Crippen molar-refractivity contribution in [1.82, 2.24) is 19.9 Å². The van der Waals surface area contributed by atoms with E-state index in [-0.39, 0.29) is 0 Å². The van der Waals surface area contributed by atoms with Crippen molar-refractivity contribution in [2.75, 3.05) is 13.1 Å². The molecule has 4 radical (unpaired) electrons. The average Bonchev–Trinajstić information content (AvgIpc) is 3.08. The zero-order valence-corrected chi connectivity index (χ0v) is 16.2. The largest absolute Gasteiger partial charge is 0.341 e. The SMILES string of the molecule is [B]c1cc2nc(CN(CCCCN)[C@H]3CCCc4cccnc43)[nH]c2cc1[B]. The molecule has 1 aliphatic carbocycles. The fraction of sp³-hybridized carbons (Fsp3) is 0.429. The standard InChI is InChI=1S/C21H25B2N5/c22-15-11-17-18(12-16(15)23)27-20(26-17)13-28(10-2-1-8-24)19-7-3-5-14-6-4-9-25-21(14)19/h4,6,9,11-12,19H,1-3,5,7-8,10,13,24H2,(H,26,27)/t19-/m0/s1. The first-order valence-corrected chi connectivity index (χ1v) is 10.1. The Kier molecular flexibility index (Phi) is 5.83. The molecule has 28 heavy (non-hydrogen) atoms. The Hall–Kier alpha value is -2.11. The molecule has 4 rings (SSSR count). The normalized spacial score (nSPS) is 16.6. The first-order valence-electron chi connectivity index (χ1n) is 10.1. The summed E-state index contributed by atoms with van der Waals surface area (Å²) >= 11 is 0. The molecule has 3 N–H and O–H groups in total. The third kappa shape index (κ3) is 4.01. The van der Waals surface area contributed by atoms with Crippen molar-refractivity contribution in [1.29, 1.82) is 0 Å². The highest BCUT2D eigenvalue weighted by atomic mass is 15.2. The quantitative estimate of drug-likeness (QED) is 0.485. The van der Waals surface area contributed by atoms with Crippen molar-refractivity contribution in [2.24, 2.45) is 5.73 Å². The van der Waals surface area contributed by atoms with Gasteiger partial charge in [0.2, 0.25) is 0 Å². The van der Waals surface area contributed by atoms with Crippen molar-refractivity contribution in [3.05, 3.63) is 47.5 Å². The van der Waals surface area contributed by atoms with E-state index in [0.717, 1.165) is 62.2 Å². The monoisotopic (exact) mass is 369 g/mol. The summed E-state index contributed by atoms with van der Waals surface area (Å²) in [5.74, 6) is 0.927. The van der Waals surface area contributed by atoms with Gasteiger partial charge in [0.05, 0.1) is 29.3 Å². The molecular weight excluding hydrogens is 344 g/mol. The van der Waals surface area contributed by atoms with Gasteiger partial charge in [-0.15, -0.1) is 10.9 Å². The first-order chi connectivity index (χ1) is 13.7. The van der Waals surface area contributed by atoms with E-state index in [2.05, 4.69) is 16.0 Å². The van der Waals surface area contributed by atoms with Crippen LogP contribution in [-0.4, -0.2) is 48.6 Å². The Bertz CT molecular complexity index is 916. The van der Waals surface area contributed by atoms with Crippen LogP contribution in [0.5, 0.6) is 0 Å². The second-order valence-corrected chi connectivity index (χ2v) is 7.60.